The van der Waals surface area contributed by atoms with Crippen LogP contribution >= 0.6 is 11.6 Å². The highest BCUT2D eigenvalue weighted by atomic mass is 35.5. The fourth-order valence-corrected chi connectivity index (χ4v) is 4.85. The Balaban J connectivity index is 1.19. The molecule has 0 saturated heterocycles. The van der Waals surface area contributed by atoms with Crippen molar-refractivity contribution in [3.8, 4) is 23.0 Å². The Morgan fingerprint density at radius 3 is 2.55 bits per heavy atom. The lowest BCUT2D eigenvalue weighted by Gasteiger charge is -2.24. The van der Waals surface area contributed by atoms with Crippen molar-refractivity contribution in [2.24, 2.45) is 5.18 Å². The van der Waals surface area contributed by atoms with Gasteiger partial charge in [-0.05, 0) is 79.1 Å². The maximum Gasteiger partial charge on any atom is 0.294 e. The molecular weight excluding hydrogens is 508 g/mol. The van der Waals surface area contributed by atoms with E-state index in [0.29, 0.717) is 53.7 Å². The minimum absolute atomic E-state index is 0.190. The second kappa shape index (κ2) is 11.2. The van der Waals surface area contributed by atoms with Crippen LogP contribution in [0.4, 0.5) is 0 Å². The van der Waals surface area contributed by atoms with E-state index in [1.807, 2.05) is 0 Å². The summed E-state index contributed by atoms with van der Waals surface area (Å²) in [6, 6.07) is 16.2. The molecule has 8 nitrogen and oxygen atoms in total. The lowest BCUT2D eigenvalue weighted by Crippen LogP contribution is -2.25. The first-order valence-corrected chi connectivity index (χ1v) is 12.9. The molecule has 1 saturated carbocycles. The predicted molar refractivity (Wildman–Crippen MR) is 143 cm³/mol. The van der Waals surface area contributed by atoms with Crippen LogP contribution in [0.2, 0.25) is 5.02 Å². The number of methoxy groups -OCH3 is 1. The first kappa shape index (κ1) is 25.7. The van der Waals surface area contributed by atoms with Crippen molar-refractivity contribution in [3.63, 3.8) is 0 Å². The zero-order chi connectivity index (χ0) is 26.6. The molecule has 1 aliphatic heterocycles. The number of fused-ring (bicyclic) bond motifs is 1. The molecule has 1 unspecified atom stereocenters. The summed E-state index contributed by atoms with van der Waals surface area (Å²) >= 11 is 6.39. The molecule has 0 aromatic heterocycles. The van der Waals surface area contributed by atoms with Gasteiger partial charge in [-0.15, -0.1) is 4.91 Å². The summed E-state index contributed by atoms with van der Waals surface area (Å²) in [5.74, 6) is 1.13. The number of halogens is 1. The monoisotopic (exact) mass is 534 g/mol. The van der Waals surface area contributed by atoms with Crippen LogP contribution in [-0.2, 0) is 11.2 Å². The van der Waals surface area contributed by atoms with E-state index in [0.717, 1.165) is 11.3 Å². The van der Waals surface area contributed by atoms with E-state index in [4.69, 9.17) is 25.8 Å². The Kier molecular flexibility index (Phi) is 7.60. The van der Waals surface area contributed by atoms with Gasteiger partial charge < -0.3 is 19.5 Å². The van der Waals surface area contributed by atoms with Gasteiger partial charge in [0.05, 0.1) is 24.7 Å². The van der Waals surface area contributed by atoms with Gasteiger partial charge in [0.2, 0.25) is 0 Å². The molecule has 38 heavy (non-hydrogen) atoms. The molecule has 5 rings (SSSR count). The van der Waals surface area contributed by atoms with Gasteiger partial charge >= 0.3 is 0 Å². The molecule has 3 aromatic carbocycles. The van der Waals surface area contributed by atoms with Crippen LogP contribution in [0.3, 0.4) is 0 Å². The molecule has 0 radical (unpaired) electrons. The van der Waals surface area contributed by atoms with Gasteiger partial charge in [0.1, 0.15) is 23.0 Å². The third-order valence-corrected chi connectivity index (χ3v) is 7.17. The highest BCUT2D eigenvalue weighted by Gasteiger charge is 2.30. The number of hydrogen-bond acceptors (Lipinski definition) is 6. The molecule has 1 aliphatic carbocycles. The molecular formula is C29H27ClN2O6. The Morgan fingerprint density at radius 2 is 1.84 bits per heavy atom. The van der Waals surface area contributed by atoms with Crippen molar-refractivity contribution in [3.05, 3.63) is 86.8 Å². The summed E-state index contributed by atoms with van der Waals surface area (Å²) in [5, 5.41) is 5.76. The summed E-state index contributed by atoms with van der Waals surface area (Å²) in [7, 11) is 1.67. The topological polar surface area (TPSA) is 103 Å². The van der Waals surface area contributed by atoms with Crippen LogP contribution in [0.15, 0.2) is 59.8 Å². The number of nitrogens with zero attached hydrogens (tertiary/aromatic N) is 1. The molecule has 9 heteroatoms. The van der Waals surface area contributed by atoms with Gasteiger partial charge in [0.25, 0.3) is 11.8 Å². The molecule has 1 N–H and O–H groups in total. The van der Waals surface area contributed by atoms with Crippen LogP contribution in [0.1, 0.15) is 58.1 Å². The van der Waals surface area contributed by atoms with Gasteiger partial charge in [-0.2, -0.15) is 0 Å². The van der Waals surface area contributed by atoms with Crippen LogP contribution in [0.25, 0.3) is 0 Å². The molecule has 196 valence electrons. The number of nitrogens with one attached hydrogen (secondary N) is 1. The first-order valence-electron chi connectivity index (χ1n) is 12.5. The third-order valence-electron chi connectivity index (χ3n) is 6.88. The van der Waals surface area contributed by atoms with Crippen LogP contribution in [0, 0.1) is 4.91 Å². The lowest BCUT2D eigenvalue weighted by atomic mass is 9.92. The number of rotatable bonds is 9. The van der Waals surface area contributed by atoms with E-state index in [1.165, 1.54) is 18.4 Å². The second-order valence-electron chi connectivity index (χ2n) is 9.42. The van der Waals surface area contributed by atoms with Crippen molar-refractivity contribution >= 4 is 23.4 Å². The van der Waals surface area contributed by atoms with E-state index in [9.17, 15) is 14.5 Å². The summed E-state index contributed by atoms with van der Waals surface area (Å²) < 4.78 is 17.1. The maximum absolute atomic E-state index is 12.7. The number of nitroso groups, excluding NO2 is 1. The maximum atomic E-state index is 12.7. The SMILES string of the molecule is COc1cc(C2CC2)ccc1CCNC(=O)c1ccc(Oc2cc3c(cc2Cl)C(C(=O)N=O)CCO3)cc1. The zero-order valence-electron chi connectivity index (χ0n) is 20.9. The number of carbonyl (C=O) groups excluding carboxylic acids is 2. The molecule has 0 bridgehead atoms. The predicted octanol–water partition coefficient (Wildman–Crippen LogP) is 6.15. The average Bonchev–Trinajstić information content (AvgIpc) is 3.79. The quantitative estimate of drug-likeness (QED) is 0.330. The summed E-state index contributed by atoms with van der Waals surface area (Å²) in [6.45, 7) is 0.756. The van der Waals surface area contributed by atoms with Crippen LogP contribution in [-0.4, -0.2) is 32.1 Å². The van der Waals surface area contributed by atoms with Crippen molar-refractivity contribution in [1.29, 1.82) is 0 Å². The third kappa shape index (κ3) is 5.65. The van der Waals surface area contributed by atoms with E-state index >= 15 is 0 Å². The fraction of sp³-hybridized carbons (Fsp3) is 0.310. The molecule has 2 amide bonds. The number of carbonyl (C=O) groups is 2. The standard InChI is InChI=1S/C29H27ClN2O6/c1-36-25-14-20(17-2-3-17)5-4-18(25)10-12-31-28(33)19-6-8-21(9-7-19)38-27-16-26-23(15-24(27)30)22(11-13-37-26)29(34)32-35/h4-9,14-17,22H,2-3,10-13H2,1H3,(H,31,33). The van der Waals surface area contributed by atoms with E-state index < -0.39 is 11.8 Å². The van der Waals surface area contributed by atoms with Crippen molar-refractivity contribution in [2.75, 3.05) is 20.3 Å². The second-order valence-corrected chi connectivity index (χ2v) is 9.82. The normalized spacial score (nSPS) is 16.1. The largest absolute Gasteiger partial charge is 0.496 e. The summed E-state index contributed by atoms with van der Waals surface area (Å²) in [5.41, 5.74) is 3.39. The first-order chi connectivity index (χ1) is 18.5. The lowest BCUT2D eigenvalue weighted by molar-refractivity contribution is -0.119. The van der Waals surface area contributed by atoms with Gasteiger partial charge in [0.15, 0.2) is 0 Å². The Labute approximate surface area is 225 Å². The summed E-state index contributed by atoms with van der Waals surface area (Å²) in [6.07, 6.45) is 3.49. The minimum atomic E-state index is -0.751. The minimum Gasteiger partial charge on any atom is -0.496 e. The molecule has 0 spiro atoms. The number of benzene rings is 3. The zero-order valence-corrected chi connectivity index (χ0v) is 21.6. The van der Waals surface area contributed by atoms with Crippen molar-refractivity contribution in [2.45, 2.75) is 37.5 Å². The summed E-state index contributed by atoms with van der Waals surface area (Å²) in [4.78, 5) is 35.3. The smallest absolute Gasteiger partial charge is 0.294 e. The van der Waals surface area contributed by atoms with Crippen LogP contribution in [0.5, 0.6) is 23.0 Å². The number of hydrogen-bond donors (Lipinski definition) is 1. The fourth-order valence-electron chi connectivity index (χ4n) is 4.64. The van der Waals surface area contributed by atoms with Crippen LogP contribution < -0.4 is 19.5 Å². The Hall–Kier alpha value is -3.91. The molecule has 2 aliphatic rings. The van der Waals surface area contributed by atoms with E-state index in [1.54, 1.807) is 43.5 Å². The van der Waals surface area contributed by atoms with Crippen molar-refractivity contribution in [1.82, 2.24) is 5.32 Å². The van der Waals surface area contributed by atoms with Gasteiger partial charge in [-0.25, -0.2) is 0 Å². The average molecular weight is 535 g/mol. The van der Waals surface area contributed by atoms with E-state index in [2.05, 4.69) is 28.7 Å². The molecule has 3 aromatic rings. The van der Waals surface area contributed by atoms with Gasteiger partial charge in [0, 0.05) is 28.9 Å². The van der Waals surface area contributed by atoms with Gasteiger partial charge in [-0.3, -0.25) is 9.59 Å². The number of ether oxygens (including phenoxy) is 3. The highest BCUT2D eigenvalue weighted by Crippen LogP contribution is 2.43. The Bertz CT molecular complexity index is 1370. The highest BCUT2D eigenvalue weighted by molar-refractivity contribution is 6.32. The molecule has 1 fully saturated rings. The molecule has 1 heterocycles. The van der Waals surface area contributed by atoms with Crippen molar-refractivity contribution < 1.29 is 23.8 Å². The molecule has 1 atom stereocenters. The van der Waals surface area contributed by atoms with E-state index in [-0.39, 0.29) is 17.5 Å². The Morgan fingerprint density at radius 1 is 1.05 bits per heavy atom. The van der Waals surface area contributed by atoms with Gasteiger partial charge in [-0.1, -0.05) is 23.7 Å². The number of amides is 2.